The van der Waals surface area contributed by atoms with E-state index in [-0.39, 0.29) is 11.8 Å². The van der Waals surface area contributed by atoms with Crippen LogP contribution in [0.4, 0.5) is 5.13 Å². The number of ether oxygens (including phenoxy) is 1. The second-order valence-electron chi connectivity index (χ2n) is 8.37. The standard InChI is InChI=1S/C27H26ClN3O3S3/c1-34-20-12-10-18(11-13-20)15-23-25(33)31(27(35)37-23)14-6-2-3-9-24(32)30-26-29-17-21(36-26)16-19-7-4-5-8-22(19)28/h4-5,7-8,10-13,15,17H,2-3,6,9,14,16H2,1H3,(H,29,30,32)/b23-15-. The third kappa shape index (κ3) is 7.64. The number of thiazole rings is 1. The first kappa shape index (κ1) is 27.3. The highest BCUT2D eigenvalue weighted by atomic mass is 35.5. The quantitative estimate of drug-likeness (QED) is 0.155. The summed E-state index contributed by atoms with van der Waals surface area (Å²) in [6, 6.07) is 15.2. The predicted molar refractivity (Wildman–Crippen MR) is 156 cm³/mol. The summed E-state index contributed by atoms with van der Waals surface area (Å²) in [6.07, 6.45) is 7.01. The maximum absolute atomic E-state index is 12.8. The number of amides is 2. The molecular weight excluding hydrogens is 546 g/mol. The third-order valence-electron chi connectivity index (χ3n) is 5.70. The number of carbonyl (C=O) groups is 2. The van der Waals surface area contributed by atoms with Gasteiger partial charge in [0.1, 0.15) is 10.1 Å². The first-order chi connectivity index (χ1) is 17.9. The molecule has 2 amide bonds. The average molecular weight is 572 g/mol. The lowest BCUT2D eigenvalue weighted by Crippen LogP contribution is -2.29. The van der Waals surface area contributed by atoms with Crippen LogP contribution in [-0.2, 0) is 16.0 Å². The fourth-order valence-corrected chi connectivity index (χ4v) is 6.10. The van der Waals surface area contributed by atoms with E-state index < -0.39 is 0 Å². The summed E-state index contributed by atoms with van der Waals surface area (Å²) in [4.78, 5) is 32.8. The number of benzene rings is 2. The smallest absolute Gasteiger partial charge is 0.266 e. The van der Waals surface area contributed by atoms with E-state index in [1.807, 2.05) is 54.6 Å². The van der Waals surface area contributed by atoms with Gasteiger partial charge in [-0.1, -0.05) is 72.3 Å². The number of nitrogens with one attached hydrogen (secondary N) is 1. The molecule has 10 heteroatoms. The molecule has 1 saturated heterocycles. The fraction of sp³-hybridized carbons (Fsp3) is 0.259. The largest absolute Gasteiger partial charge is 0.497 e. The second kappa shape index (κ2) is 13.2. The van der Waals surface area contributed by atoms with Gasteiger partial charge in [0.05, 0.1) is 12.0 Å². The zero-order valence-corrected chi connectivity index (χ0v) is 23.4. The minimum absolute atomic E-state index is 0.0633. The van der Waals surface area contributed by atoms with Gasteiger partial charge in [-0.3, -0.25) is 14.5 Å². The maximum Gasteiger partial charge on any atom is 0.266 e. The van der Waals surface area contributed by atoms with E-state index in [4.69, 9.17) is 28.6 Å². The van der Waals surface area contributed by atoms with Gasteiger partial charge in [0.25, 0.3) is 5.91 Å². The normalized spacial score (nSPS) is 14.4. The van der Waals surface area contributed by atoms with Crippen LogP contribution in [0, 0.1) is 0 Å². The Labute approximate surface area is 235 Å². The molecule has 0 bridgehead atoms. The number of carbonyl (C=O) groups excluding carboxylic acids is 2. The first-order valence-corrected chi connectivity index (χ1v) is 14.2. The molecular formula is C27H26ClN3O3S3. The van der Waals surface area contributed by atoms with Crippen molar-refractivity contribution < 1.29 is 14.3 Å². The summed E-state index contributed by atoms with van der Waals surface area (Å²) >= 11 is 14.4. The number of methoxy groups -OCH3 is 1. The van der Waals surface area contributed by atoms with Crippen molar-refractivity contribution in [3.05, 3.63) is 80.7 Å². The van der Waals surface area contributed by atoms with Crippen molar-refractivity contribution in [2.75, 3.05) is 19.0 Å². The molecule has 1 aliphatic heterocycles. The molecule has 6 nitrogen and oxygen atoms in total. The van der Waals surface area contributed by atoms with E-state index in [0.717, 1.165) is 46.0 Å². The Morgan fingerprint density at radius 2 is 1.95 bits per heavy atom. The highest BCUT2D eigenvalue weighted by Gasteiger charge is 2.31. The van der Waals surface area contributed by atoms with Crippen LogP contribution in [0.15, 0.2) is 59.6 Å². The minimum atomic E-state index is -0.0695. The van der Waals surface area contributed by atoms with Gasteiger partial charge in [-0.15, -0.1) is 11.3 Å². The fourth-order valence-electron chi connectivity index (χ4n) is 3.73. The average Bonchev–Trinajstić information content (AvgIpc) is 3.44. The molecule has 4 rings (SSSR count). The van der Waals surface area contributed by atoms with Crippen LogP contribution in [0.25, 0.3) is 6.08 Å². The molecule has 3 aromatic rings. The Hall–Kier alpha value is -2.72. The number of rotatable bonds is 11. The summed E-state index contributed by atoms with van der Waals surface area (Å²) in [7, 11) is 1.62. The van der Waals surface area contributed by atoms with Gasteiger partial charge in [-0.25, -0.2) is 4.98 Å². The lowest BCUT2D eigenvalue weighted by atomic mass is 10.1. The van der Waals surface area contributed by atoms with Gasteiger partial charge in [0.2, 0.25) is 5.91 Å². The molecule has 37 heavy (non-hydrogen) atoms. The Bertz CT molecular complexity index is 1310. The Kier molecular flexibility index (Phi) is 9.74. The monoisotopic (exact) mass is 571 g/mol. The third-order valence-corrected chi connectivity index (χ3v) is 8.35. The van der Waals surface area contributed by atoms with Gasteiger partial charge in [0, 0.05) is 35.5 Å². The summed E-state index contributed by atoms with van der Waals surface area (Å²) in [6.45, 7) is 0.546. The summed E-state index contributed by atoms with van der Waals surface area (Å²) < 4.78 is 5.74. The number of hydrogen-bond acceptors (Lipinski definition) is 7. The second-order valence-corrected chi connectivity index (χ2v) is 11.6. The Morgan fingerprint density at radius 1 is 1.16 bits per heavy atom. The topological polar surface area (TPSA) is 71.5 Å². The number of halogens is 1. The van der Waals surface area contributed by atoms with E-state index >= 15 is 0 Å². The summed E-state index contributed by atoms with van der Waals surface area (Å²) in [5.41, 5.74) is 1.95. The molecule has 2 aromatic carbocycles. The van der Waals surface area contributed by atoms with Crippen molar-refractivity contribution in [3.63, 3.8) is 0 Å². The summed E-state index contributed by atoms with van der Waals surface area (Å²) in [5.74, 6) is 0.634. The molecule has 1 aromatic heterocycles. The Morgan fingerprint density at radius 3 is 2.70 bits per heavy atom. The highest BCUT2D eigenvalue weighted by molar-refractivity contribution is 8.26. The number of anilines is 1. The molecule has 1 aliphatic rings. The number of hydrogen-bond donors (Lipinski definition) is 1. The molecule has 0 saturated carbocycles. The van der Waals surface area contributed by atoms with Crippen molar-refractivity contribution >= 4 is 74.3 Å². The molecule has 0 spiro atoms. The van der Waals surface area contributed by atoms with Crippen molar-refractivity contribution in [1.82, 2.24) is 9.88 Å². The predicted octanol–water partition coefficient (Wildman–Crippen LogP) is 6.80. The molecule has 0 atom stereocenters. The van der Waals surface area contributed by atoms with E-state index in [9.17, 15) is 9.59 Å². The van der Waals surface area contributed by atoms with Gasteiger partial charge in [-0.2, -0.15) is 0 Å². The number of nitrogens with zero attached hydrogens (tertiary/aromatic N) is 2. The number of unbranched alkanes of at least 4 members (excludes halogenated alkanes) is 2. The molecule has 192 valence electrons. The van der Waals surface area contributed by atoms with Crippen molar-refractivity contribution in [2.24, 2.45) is 0 Å². The SMILES string of the molecule is COc1ccc(/C=C2\SC(=S)N(CCCCCC(=O)Nc3ncc(Cc4ccccc4Cl)s3)C2=O)cc1. The first-order valence-electron chi connectivity index (χ1n) is 11.8. The van der Waals surface area contributed by atoms with Gasteiger partial charge < -0.3 is 10.1 Å². The van der Waals surface area contributed by atoms with E-state index in [0.29, 0.717) is 33.7 Å². The highest BCUT2D eigenvalue weighted by Crippen LogP contribution is 2.33. The van der Waals surface area contributed by atoms with Crippen LogP contribution in [0.3, 0.4) is 0 Å². The minimum Gasteiger partial charge on any atom is -0.497 e. The summed E-state index contributed by atoms with van der Waals surface area (Å²) in [5, 5.41) is 4.19. The lowest BCUT2D eigenvalue weighted by molar-refractivity contribution is -0.122. The van der Waals surface area contributed by atoms with Crippen LogP contribution < -0.4 is 10.1 Å². The van der Waals surface area contributed by atoms with Crippen molar-refractivity contribution in [1.29, 1.82) is 0 Å². The van der Waals surface area contributed by atoms with Crippen LogP contribution >= 0.6 is 46.9 Å². The molecule has 0 aliphatic carbocycles. The van der Waals surface area contributed by atoms with Gasteiger partial charge >= 0.3 is 0 Å². The molecule has 2 heterocycles. The van der Waals surface area contributed by atoms with Crippen LogP contribution in [0.2, 0.25) is 5.02 Å². The van der Waals surface area contributed by atoms with Crippen LogP contribution in [-0.4, -0.2) is 39.7 Å². The maximum atomic E-state index is 12.8. The van der Waals surface area contributed by atoms with Gasteiger partial charge in [-0.05, 0) is 48.2 Å². The molecule has 0 unspecified atom stereocenters. The zero-order chi connectivity index (χ0) is 26.2. The Balaban J connectivity index is 1.17. The van der Waals surface area contributed by atoms with E-state index in [1.54, 1.807) is 18.2 Å². The van der Waals surface area contributed by atoms with Crippen LogP contribution in [0.1, 0.15) is 41.7 Å². The van der Waals surface area contributed by atoms with Crippen LogP contribution in [0.5, 0.6) is 5.75 Å². The molecule has 1 fully saturated rings. The molecule has 0 radical (unpaired) electrons. The number of aromatic nitrogens is 1. The lowest BCUT2D eigenvalue weighted by Gasteiger charge is -2.14. The van der Waals surface area contributed by atoms with Crippen molar-refractivity contribution in [3.8, 4) is 5.75 Å². The van der Waals surface area contributed by atoms with Crippen molar-refractivity contribution in [2.45, 2.75) is 32.1 Å². The molecule has 1 N–H and O–H groups in total. The number of thioether (sulfide) groups is 1. The van der Waals surface area contributed by atoms with Gasteiger partial charge in [0.15, 0.2) is 5.13 Å². The van der Waals surface area contributed by atoms with E-state index in [1.165, 1.54) is 23.1 Å². The number of thiocarbonyl (C=S) groups is 1. The zero-order valence-electron chi connectivity index (χ0n) is 20.2. The van der Waals surface area contributed by atoms with E-state index in [2.05, 4.69) is 10.3 Å².